The first kappa shape index (κ1) is 20.7. The zero-order valence-electron chi connectivity index (χ0n) is 17.7. The van der Waals surface area contributed by atoms with Crippen LogP contribution in [0.2, 0.25) is 0 Å². The van der Waals surface area contributed by atoms with Gasteiger partial charge in [-0.25, -0.2) is 4.79 Å². The van der Waals surface area contributed by atoms with Gasteiger partial charge in [0, 0.05) is 37.5 Å². The van der Waals surface area contributed by atoms with Crippen molar-refractivity contribution in [1.29, 1.82) is 0 Å². The molecule has 4 aromatic rings. The minimum absolute atomic E-state index is 0.138. The normalized spacial score (nSPS) is 10.9. The predicted octanol–water partition coefficient (Wildman–Crippen LogP) is 5.37. The van der Waals surface area contributed by atoms with Gasteiger partial charge in [0.1, 0.15) is 0 Å². The van der Waals surface area contributed by atoms with Crippen molar-refractivity contribution in [2.45, 2.75) is 13.1 Å². The quantitative estimate of drug-likeness (QED) is 0.422. The van der Waals surface area contributed by atoms with Gasteiger partial charge in [-0.3, -0.25) is 0 Å². The lowest BCUT2D eigenvalue weighted by molar-refractivity contribution is 0.152. The van der Waals surface area contributed by atoms with Crippen LogP contribution < -0.4 is 5.32 Å². The third kappa shape index (κ3) is 5.13. The summed E-state index contributed by atoms with van der Waals surface area (Å²) in [5, 5.41) is 5.22. The van der Waals surface area contributed by atoms with Crippen LogP contribution in [-0.2, 0) is 17.8 Å². The summed E-state index contributed by atoms with van der Waals surface area (Å²) in [4.78, 5) is 15.0. The summed E-state index contributed by atoms with van der Waals surface area (Å²) < 4.78 is 7.44. The molecule has 2 amide bonds. The van der Waals surface area contributed by atoms with E-state index in [0.29, 0.717) is 19.7 Å². The van der Waals surface area contributed by atoms with Crippen molar-refractivity contribution in [3.63, 3.8) is 0 Å². The van der Waals surface area contributed by atoms with E-state index in [-0.39, 0.29) is 6.03 Å². The summed E-state index contributed by atoms with van der Waals surface area (Å²) >= 11 is 0. The van der Waals surface area contributed by atoms with Crippen LogP contribution in [0.5, 0.6) is 0 Å². The molecule has 4 rings (SSSR count). The Balaban J connectivity index is 1.52. The number of urea groups is 1. The number of nitrogens with one attached hydrogen (secondary N) is 1. The molecule has 0 atom stereocenters. The van der Waals surface area contributed by atoms with Gasteiger partial charge in [0.15, 0.2) is 0 Å². The number of hydrogen-bond acceptors (Lipinski definition) is 2. The van der Waals surface area contributed by atoms with Gasteiger partial charge in [-0.05, 0) is 29.1 Å². The average Bonchev–Trinajstić information content (AvgIpc) is 3.24. The Kier molecular flexibility index (Phi) is 6.65. The highest BCUT2D eigenvalue weighted by Crippen LogP contribution is 2.23. The highest BCUT2D eigenvalue weighted by atomic mass is 16.5. The SMILES string of the molecule is COCCN(Cc1cccn1Cc1ccccc1)C(=O)Nc1cccc2ccccc12. The van der Waals surface area contributed by atoms with Crippen molar-refractivity contribution in [1.82, 2.24) is 9.47 Å². The molecule has 0 aliphatic rings. The van der Waals surface area contributed by atoms with E-state index < -0.39 is 0 Å². The number of methoxy groups -OCH3 is 1. The number of benzene rings is 3. The molecule has 5 heteroatoms. The Hall–Kier alpha value is -3.57. The Morgan fingerprint density at radius 3 is 2.55 bits per heavy atom. The molecule has 1 N–H and O–H groups in total. The number of amides is 2. The summed E-state index contributed by atoms with van der Waals surface area (Å²) in [6.07, 6.45) is 2.06. The number of rotatable bonds is 8. The molecule has 5 nitrogen and oxygen atoms in total. The molecule has 0 unspecified atom stereocenters. The molecule has 0 aliphatic carbocycles. The molecule has 0 saturated carbocycles. The molecular formula is C26H27N3O2. The first-order valence-electron chi connectivity index (χ1n) is 10.4. The van der Waals surface area contributed by atoms with Gasteiger partial charge in [-0.1, -0.05) is 66.7 Å². The summed E-state index contributed by atoms with van der Waals surface area (Å²) in [6, 6.07) is 28.3. The molecular weight excluding hydrogens is 386 g/mol. The summed E-state index contributed by atoms with van der Waals surface area (Å²) in [5.74, 6) is 0. The van der Waals surface area contributed by atoms with Gasteiger partial charge in [0.2, 0.25) is 0 Å². The molecule has 3 aromatic carbocycles. The maximum absolute atomic E-state index is 13.2. The van der Waals surface area contributed by atoms with Crippen LogP contribution in [0.15, 0.2) is 91.1 Å². The van der Waals surface area contributed by atoms with Crippen LogP contribution in [0.25, 0.3) is 10.8 Å². The van der Waals surface area contributed by atoms with Gasteiger partial charge < -0.3 is 19.5 Å². The van der Waals surface area contributed by atoms with Crippen LogP contribution in [-0.4, -0.2) is 35.8 Å². The van der Waals surface area contributed by atoms with Crippen molar-refractivity contribution >= 4 is 22.5 Å². The standard InChI is InChI=1S/C26H27N3O2/c1-31-18-17-29(20-23-13-8-16-28(23)19-21-9-3-2-4-10-21)26(30)27-25-15-7-12-22-11-5-6-14-24(22)25/h2-16H,17-20H2,1H3,(H,27,30). The molecule has 0 radical (unpaired) electrons. The van der Waals surface area contributed by atoms with Crippen molar-refractivity contribution < 1.29 is 9.53 Å². The second-order valence-corrected chi connectivity index (χ2v) is 7.48. The first-order valence-corrected chi connectivity index (χ1v) is 10.4. The third-order valence-electron chi connectivity index (χ3n) is 5.36. The Labute approximate surface area is 182 Å². The highest BCUT2D eigenvalue weighted by molar-refractivity contribution is 6.01. The largest absolute Gasteiger partial charge is 0.383 e. The fourth-order valence-corrected chi connectivity index (χ4v) is 3.71. The van der Waals surface area contributed by atoms with E-state index in [2.05, 4.69) is 34.3 Å². The van der Waals surface area contributed by atoms with Crippen LogP contribution >= 0.6 is 0 Å². The molecule has 0 bridgehead atoms. The number of ether oxygens (including phenoxy) is 1. The molecule has 31 heavy (non-hydrogen) atoms. The van der Waals surface area contributed by atoms with Crippen LogP contribution in [0, 0.1) is 0 Å². The van der Waals surface area contributed by atoms with Gasteiger partial charge in [0.05, 0.1) is 18.8 Å². The second-order valence-electron chi connectivity index (χ2n) is 7.48. The number of hydrogen-bond donors (Lipinski definition) is 1. The smallest absolute Gasteiger partial charge is 0.322 e. The number of nitrogens with zero attached hydrogens (tertiary/aromatic N) is 2. The van der Waals surface area contributed by atoms with Crippen molar-refractivity contribution in [3.8, 4) is 0 Å². The molecule has 0 aliphatic heterocycles. The van der Waals surface area contributed by atoms with E-state index in [9.17, 15) is 4.79 Å². The lowest BCUT2D eigenvalue weighted by atomic mass is 10.1. The van der Waals surface area contributed by atoms with E-state index in [1.54, 1.807) is 12.0 Å². The van der Waals surface area contributed by atoms with Crippen LogP contribution in [0.1, 0.15) is 11.3 Å². The zero-order valence-corrected chi connectivity index (χ0v) is 17.7. The fourth-order valence-electron chi connectivity index (χ4n) is 3.71. The molecule has 1 aromatic heterocycles. The van der Waals surface area contributed by atoms with Gasteiger partial charge in [-0.2, -0.15) is 0 Å². The van der Waals surface area contributed by atoms with Crippen molar-refractivity contribution in [3.05, 3.63) is 102 Å². The first-order chi connectivity index (χ1) is 15.2. The number of anilines is 1. The number of fused-ring (bicyclic) bond motifs is 1. The van der Waals surface area contributed by atoms with Gasteiger partial charge in [-0.15, -0.1) is 0 Å². The van der Waals surface area contributed by atoms with E-state index in [4.69, 9.17) is 4.74 Å². The second kappa shape index (κ2) is 9.96. The monoisotopic (exact) mass is 413 g/mol. The summed E-state index contributed by atoms with van der Waals surface area (Å²) in [6.45, 7) is 2.25. The lowest BCUT2D eigenvalue weighted by Crippen LogP contribution is -2.37. The van der Waals surface area contributed by atoms with E-state index in [1.165, 1.54) is 5.56 Å². The minimum Gasteiger partial charge on any atom is -0.383 e. The summed E-state index contributed by atoms with van der Waals surface area (Å²) in [7, 11) is 1.65. The number of aromatic nitrogens is 1. The van der Waals surface area contributed by atoms with E-state index in [0.717, 1.165) is 28.7 Å². The van der Waals surface area contributed by atoms with Crippen molar-refractivity contribution in [2.75, 3.05) is 25.6 Å². The number of carbonyl (C=O) groups is 1. The third-order valence-corrected chi connectivity index (χ3v) is 5.36. The topological polar surface area (TPSA) is 46.5 Å². The highest BCUT2D eigenvalue weighted by Gasteiger charge is 2.17. The Morgan fingerprint density at radius 2 is 1.71 bits per heavy atom. The maximum atomic E-state index is 13.2. The van der Waals surface area contributed by atoms with E-state index >= 15 is 0 Å². The lowest BCUT2D eigenvalue weighted by Gasteiger charge is -2.24. The molecule has 1 heterocycles. The van der Waals surface area contributed by atoms with E-state index in [1.807, 2.05) is 66.7 Å². The van der Waals surface area contributed by atoms with Crippen molar-refractivity contribution in [2.24, 2.45) is 0 Å². The zero-order chi connectivity index (χ0) is 21.5. The fraction of sp³-hybridized carbons (Fsp3) is 0.192. The average molecular weight is 414 g/mol. The van der Waals surface area contributed by atoms with Gasteiger partial charge >= 0.3 is 6.03 Å². The Bertz CT molecular complexity index is 1130. The van der Waals surface area contributed by atoms with Gasteiger partial charge in [0.25, 0.3) is 0 Å². The molecule has 0 spiro atoms. The molecule has 158 valence electrons. The molecule has 0 saturated heterocycles. The minimum atomic E-state index is -0.138. The predicted molar refractivity (Wildman–Crippen MR) is 125 cm³/mol. The summed E-state index contributed by atoms with van der Waals surface area (Å²) in [5.41, 5.74) is 3.11. The molecule has 0 fully saturated rings. The van der Waals surface area contributed by atoms with Crippen LogP contribution in [0.4, 0.5) is 10.5 Å². The maximum Gasteiger partial charge on any atom is 0.322 e. The van der Waals surface area contributed by atoms with Crippen LogP contribution in [0.3, 0.4) is 0 Å². The number of carbonyl (C=O) groups excluding carboxylic acids is 1. The Morgan fingerprint density at radius 1 is 0.935 bits per heavy atom.